The maximum Gasteiger partial charge on any atom is 0.326 e. The number of carboxylic acid groups (broad SMARTS) is 1. The molecule has 0 radical (unpaired) electrons. The van der Waals surface area contributed by atoms with Crippen molar-refractivity contribution in [1.82, 2.24) is 10.6 Å². The monoisotopic (exact) mass is 258 g/mol. The Bertz CT molecular complexity index is 366. The highest BCUT2D eigenvalue weighted by atomic mass is 32.1. The summed E-state index contributed by atoms with van der Waals surface area (Å²) in [5.74, 6) is -1.16. The van der Waals surface area contributed by atoms with E-state index in [0.29, 0.717) is 6.54 Å². The average Bonchev–Trinajstić information content (AvgIpc) is 2.78. The van der Waals surface area contributed by atoms with E-state index in [0.717, 1.165) is 4.88 Å². The van der Waals surface area contributed by atoms with Gasteiger partial charge in [-0.05, 0) is 11.4 Å². The molecule has 4 N–H and O–H groups in total. The van der Waals surface area contributed by atoms with Gasteiger partial charge in [0.1, 0.15) is 6.04 Å². The highest BCUT2D eigenvalue weighted by Crippen LogP contribution is 2.07. The molecule has 0 spiro atoms. The van der Waals surface area contributed by atoms with E-state index in [4.69, 9.17) is 10.2 Å². The largest absolute Gasteiger partial charge is 0.480 e. The molecule has 0 aliphatic carbocycles. The number of hydrogen-bond acceptors (Lipinski definition) is 4. The summed E-state index contributed by atoms with van der Waals surface area (Å²) in [4.78, 5) is 23.1. The first-order valence-corrected chi connectivity index (χ1v) is 5.92. The molecule has 0 fully saturated rings. The molecule has 7 heteroatoms. The van der Waals surface area contributed by atoms with Crippen LogP contribution in [-0.4, -0.2) is 34.9 Å². The summed E-state index contributed by atoms with van der Waals surface area (Å²) in [5.41, 5.74) is 0. The second-order valence-corrected chi connectivity index (χ2v) is 4.34. The van der Waals surface area contributed by atoms with Gasteiger partial charge in [-0.25, -0.2) is 9.59 Å². The van der Waals surface area contributed by atoms with E-state index in [2.05, 4.69) is 10.6 Å². The first-order valence-electron chi connectivity index (χ1n) is 5.04. The van der Waals surface area contributed by atoms with E-state index in [1.807, 2.05) is 17.5 Å². The number of amides is 2. The van der Waals surface area contributed by atoms with E-state index in [-0.39, 0.29) is 13.0 Å². The lowest BCUT2D eigenvalue weighted by Gasteiger charge is -2.13. The lowest BCUT2D eigenvalue weighted by atomic mass is 10.2. The molecular weight excluding hydrogens is 244 g/mol. The van der Waals surface area contributed by atoms with Gasteiger partial charge in [-0.3, -0.25) is 0 Å². The Morgan fingerprint density at radius 2 is 2.24 bits per heavy atom. The van der Waals surface area contributed by atoms with Crippen molar-refractivity contribution < 1.29 is 19.8 Å². The molecule has 2 amide bonds. The van der Waals surface area contributed by atoms with Gasteiger partial charge in [-0.1, -0.05) is 6.07 Å². The van der Waals surface area contributed by atoms with Crippen molar-refractivity contribution in [2.75, 3.05) is 6.61 Å². The maximum atomic E-state index is 11.4. The quantitative estimate of drug-likeness (QED) is 0.593. The summed E-state index contributed by atoms with van der Waals surface area (Å²) in [7, 11) is 0. The van der Waals surface area contributed by atoms with Gasteiger partial charge in [0, 0.05) is 17.9 Å². The number of carbonyl (C=O) groups excluding carboxylic acids is 1. The molecule has 0 aliphatic heterocycles. The first-order chi connectivity index (χ1) is 8.13. The third-order valence-electron chi connectivity index (χ3n) is 2.02. The van der Waals surface area contributed by atoms with Gasteiger partial charge in [0.2, 0.25) is 0 Å². The van der Waals surface area contributed by atoms with E-state index >= 15 is 0 Å². The Labute approximate surface area is 102 Å². The van der Waals surface area contributed by atoms with Crippen LogP contribution in [-0.2, 0) is 11.3 Å². The van der Waals surface area contributed by atoms with Gasteiger partial charge < -0.3 is 20.8 Å². The molecule has 0 unspecified atom stereocenters. The van der Waals surface area contributed by atoms with Crippen molar-refractivity contribution in [3.05, 3.63) is 22.4 Å². The topological polar surface area (TPSA) is 98.7 Å². The van der Waals surface area contributed by atoms with Gasteiger partial charge in [0.05, 0.1) is 6.54 Å². The van der Waals surface area contributed by atoms with Crippen LogP contribution in [0.25, 0.3) is 0 Å². The molecule has 0 bridgehead atoms. The van der Waals surface area contributed by atoms with Crippen LogP contribution in [0.1, 0.15) is 11.3 Å². The standard InChI is InChI=1S/C10H14N2O4S/c13-4-3-8(9(14)15)12-10(16)11-6-7-2-1-5-17-7/h1-2,5,8,13H,3-4,6H2,(H,14,15)(H2,11,12,16)/t8-/m0/s1. The first kappa shape index (κ1) is 13.5. The van der Waals surface area contributed by atoms with Crippen LogP contribution in [0.2, 0.25) is 0 Å². The van der Waals surface area contributed by atoms with E-state index < -0.39 is 18.0 Å². The normalized spacial score (nSPS) is 11.8. The number of nitrogens with one attached hydrogen (secondary N) is 2. The summed E-state index contributed by atoms with van der Waals surface area (Å²) in [6.07, 6.45) is -0.0121. The number of aliphatic hydroxyl groups is 1. The number of urea groups is 1. The van der Waals surface area contributed by atoms with E-state index in [1.54, 1.807) is 0 Å². The van der Waals surface area contributed by atoms with Crippen molar-refractivity contribution in [2.45, 2.75) is 19.0 Å². The Morgan fingerprint density at radius 3 is 2.76 bits per heavy atom. The molecule has 1 rings (SSSR count). The summed E-state index contributed by atoms with van der Waals surface area (Å²) in [5, 5.41) is 24.1. The van der Waals surface area contributed by atoms with E-state index in [9.17, 15) is 9.59 Å². The minimum absolute atomic E-state index is 0.0121. The number of hydrogen-bond donors (Lipinski definition) is 4. The molecule has 17 heavy (non-hydrogen) atoms. The van der Waals surface area contributed by atoms with Crippen molar-refractivity contribution in [2.24, 2.45) is 0 Å². The molecule has 1 aromatic heterocycles. The van der Waals surface area contributed by atoms with E-state index in [1.165, 1.54) is 11.3 Å². The maximum absolute atomic E-state index is 11.4. The van der Waals surface area contributed by atoms with Crippen LogP contribution in [0.3, 0.4) is 0 Å². The SMILES string of the molecule is O=C(NCc1cccs1)N[C@@H](CCO)C(=O)O. The number of carbonyl (C=O) groups is 2. The lowest BCUT2D eigenvalue weighted by molar-refractivity contribution is -0.139. The lowest BCUT2D eigenvalue weighted by Crippen LogP contribution is -2.46. The van der Waals surface area contributed by atoms with Crippen molar-refractivity contribution in [3.8, 4) is 0 Å². The fraction of sp³-hybridized carbons (Fsp3) is 0.400. The zero-order valence-electron chi connectivity index (χ0n) is 9.05. The molecule has 1 aromatic rings. The Hall–Kier alpha value is -1.60. The van der Waals surface area contributed by atoms with Crippen LogP contribution in [0.4, 0.5) is 4.79 Å². The second kappa shape index (κ2) is 6.87. The zero-order chi connectivity index (χ0) is 12.7. The molecule has 1 atom stereocenters. The predicted molar refractivity (Wildman–Crippen MR) is 62.8 cm³/mol. The molecule has 0 saturated carbocycles. The Kier molecular flexibility index (Phi) is 5.44. The van der Waals surface area contributed by atoms with Gasteiger partial charge in [0.15, 0.2) is 0 Å². The molecular formula is C10H14N2O4S. The molecule has 0 saturated heterocycles. The van der Waals surface area contributed by atoms with Gasteiger partial charge in [0.25, 0.3) is 0 Å². The average molecular weight is 258 g/mol. The number of aliphatic hydroxyl groups excluding tert-OH is 1. The molecule has 1 heterocycles. The van der Waals surface area contributed by atoms with Crippen molar-refractivity contribution in [3.63, 3.8) is 0 Å². The Morgan fingerprint density at radius 1 is 1.47 bits per heavy atom. The third kappa shape index (κ3) is 4.83. The molecule has 0 aliphatic rings. The Balaban J connectivity index is 2.34. The summed E-state index contributed by atoms with van der Waals surface area (Å²) in [6, 6.07) is 2.11. The molecule has 94 valence electrons. The number of rotatable bonds is 6. The number of aliphatic carboxylic acids is 1. The van der Waals surface area contributed by atoms with Crippen LogP contribution in [0, 0.1) is 0 Å². The van der Waals surface area contributed by atoms with Crippen molar-refractivity contribution in [1.29, 1.82) is 0 Å². The predicted octanol–water partition coefficient (Wildman–Crippen LogP) is 0.383. The van der Waals surface area contributed by atoms with Crippen LogP contribution < -0.4 is 10.6 Å². The fourth-order valence-corrected chi connectivity index (χ4v) is 1.82. The molecule has 0 aromatic carbocycles. The summed E-state index contributed by atoms with van der Waals surface area (Å²) >= 11 is 1.50. The van der Waals surface area contributed by atoms with Crippen LogP contribution in [0.5, 0.6) is 0 Å². The smallest absolute Gasteiger partial charge is 0.326 e. The second-order valence-electron chi connectivity index (χ2n) is 3.31. The fourth-order valence-electron chi connectivity index (χ4n) is 1.18. The zero-order valence-corrected chi connectivity index (χ0v) is 9.87. The minimum Gasteiger partial charge on any atom is -0.480 e. The third-order valence-corrected chi connectivity index (χ3v) is 2.90. The van der Waals surface area contributed by atoms with Gasteiger partial charge in [-0.2, -0.15) is 0 Å². The van der Waals surface area contributed by atoms with Gasteiger partial charge >= 0.3 is 12.0 Å². The van der Waals surface area contributed by atoms with Crippen molar-refractivity contribution >= 4 is 23.3 Å². The minimum atomic E-state index is -1.16. The summed E-state index contributed by atoms with van der Waals surface area (Å²) < 4.78 is 0. The van der Waals surface area contributed by atoms with Crippen LogP contribution in [0.15, 0.2) is 17.5 Å². The number of carboxylic acids is 1. The van der Waals surface area contributed by atoms with Crippen LogP contribution >= 0.6 is 11.3 Å². The van der Waals surface area contributed by atoms with Gasteiger partial charge in [-0.15, -0.1) is 11.3 Å². The summed E-state index contributed by atoms with van der Waals surface area (Å²) in [6.45, 7) is 0.0666. The number of thiophene rings is 1. The molecule has 6 nitrogen and oxygen atoms in total. The highest BCUT2D eigenvalue weighted by Gasteiger charge is 2.18. The highest BCUT2D eigenvalue weighted by molar-refractivity contribution is 7.09.